The molecule has 3 aromatic carbocycles. The van der Waals surface area contributed by atoms with Gasteiger partial charge in [-0.3, -0.25) is 4.57 Å². The first kappa shape index (κ1) is 25.2. The lowest BCUT2D eigenvalue weighted by molar-refractivity contribution is 0.407. The van der Waals surface area contributed by atoms with E-state index in [1.54, 1.807) is 44.6 Å². The molecular weight excluding hydrogens is 493 g/mol. The van der Waals surface area contributed by atoms with Crippen molar-refractivity contribution in [1.29, 1.82) is 0 Å². The first-order chi connectivity index (χ1) is 18.5. The van der Waals surface area contributed by atoms with Crippen LogP contribution in [0.2, 0.25) is 0 Å². The number of para-hydroxylation sites is 1. The van der Waals surface area contributed by atoms with E-state index in [1.165, 1.54) is 0 Å². The highest BCUT2D eigenvalue weighted by Crippen LogP contribution is 2.57. The Morgan fingerprint density at radius 1 is 0.947 bits per heavy atom. The van der Waals surface area contributed by atoms with Crippen LogP contribution in [0.15, 0.2) is 117 Å². The van der Waals surface area contributed by atoms with E-state index in [2.05, 4.69) is 26.3 Å². The summed E-state index contributed by atoms with van der Waals surface area (Å²) in [4.78, 5) is 0. The summed E-state index contributed by atoms with van der Waals surface area (Å²) < 4.78 is 35.5. The molecule has 0 bridgehead atoms. The van der Waals surface area contributed by atoms with Crippen molar-refractivity contribution in [1.82, 2.24) is 4.57 Å². The maximum atomic E-state index is 15.1. The van der Waals surface area contributed by atoms with Crippen molar-refractivity contribution < 1.29 is 18.6 Å². The molecule has 190 valence electrons. The van der Waals surface area contributed by atoms with Gasteiger partial charge in [0, 0.05) is 22.7 Å². The number of nitrogens with zero attached hydrogens (tertiary/aromatic N) is 1. The van der Waals surface area contributed by atoms with Gasteiger partial charge < -0.3 is 18.6 Å². The first-order valence-corrected chi connectivity index (χ1v) is 13.6. The summed E-state index contributed by atoms with van der Waals surface area (Å²) in [5, 5.41) is 2.61. The number of allylic oxidation sites excluding steroid dienone is 7. The van der Waals surface area contributed by atoms with E-state index < -0.39 is 7.37 Å². The maximum absolute atomic E-state index is 15.1. The third kappa shape index (κ3) is 3.51. The number of hydrogen-bond acceptors (Lipinski definition) is 4. The van der Waals surface area contributed by atoms with E-state index in [4.69, 9.17) is 14.0 Å². The summed E-state index contributed by atoms with van der Waals surface area (Å²) in [7, 11) is -0.565. The topological polar surface area (TPSA) is 49.7 Å². The Morgan fingerprint density at radius 3 is 2.34 bits per heavy atom. The van der Waals surface area contributed by atoms with Gasteiger partial charge in [-0.05, 0) is 35.9 Å². The third-order valence-electron chi connectivity index (χ3n) is 6.73. The molecule has 2 heterocycles. The van der Waals surface area contributed by atoms with Crippen molar-refractivity contribution in [2.45, 2.75) is 0 Å². The minimum atomic E-state index is -3.73. The molecule has 6 heteroatoms. The van der Waals surface area contributed by atoms with Gasteiger partial charge in [0.2, 0.25) is 0 Å². The number of ether oxygens (including phenoxy) is 2. The number of benzene rings is 3. The number of methoxy groups -OCH3 is 2. The molecule has 38 heavy (non-hydrogen) atoms. The standard InChI is InChI=1S/C32H28NO4P/c1-7-15-21(8-2)33-25-18-13-11-17-24(25)30-31(33)27(35-5)20-29(32(30)36-6)38(34)28-19-14-12-16-23(28)22(9-3)26(10-4)37-38/h7-20H,1-4H2,5-6H3/b21-15+. The predicted octanol–water partition coefficient (Wildman–Crippen LogP) is 7.37. The van der Waals surface area contributed by atoms with Gasteiger partial charge >= 0.3 is 7.37 Å². The fourth-order valence-electron chi connectivity index (χ4n) is 5.16. The molecule has 0 radical (unpaired) electrons. The molecule has 5 rings (SSSR count). The molecule has 0 saturated carbocycles. The van der Waals surface area contributed by atoms with E-state index in [-0.39, 0.29) is 0 Å². The maximum Gasteiger partial charge on any atom is 0.311 e. The lowest BCUT2D eigenvalue weighted by Crippen LogP contribution is -2.26. The second-order valence-corrected chi connectivity index (χ2v) is 10.8. The van der Waals surface area contributed by atoms with Crippen molar-refractivity contribution >= 4 is 51.1 Å². The zero-order valence-electron chi connectivity index (χ0n) is 21.4. The Labute approximate surface area is 222 Å². The zero-order valence-corrected chi connectivity index (χ0v) is 22.3. The van der Waals surface area contributed by atoms with Gasteiger partial charge in [0.25, 0.3) is 0 Å². The van der Waals surface area contributed by atoms with Crippen LogP contribution in [0, 0.1) is 0 Å². The molecule has 0 amide bonds. The molecule has 1 atom stereocenters. The fraction of sp³-hybridized carbons (Fsp3) is 0.0625. The van der Waals surface area contributed by atoms with Gasteiger partial charge in [-0.1, -0.05) is 74.9 Å². The summed E-state index contributed by atoms with van der Waals surface area (Å²) in [6.45, 7) is 15.7. The molecule has 1 aliphatic heterocycles. The normalized spacial score (nSPS) is 17.1. The summed E-state index contributed by atoms with van der Waals surface area (Å²) in [5.74, 6) is 1.36. The van der Waals surface area contributed by atoms with Crippen LogP contribution in [0.25, 0.3) is 33.1 Å². The Balaban J connectivity index is 1.98. The van der Waals surface area contributed by atoms with E-state index in [0.29, 0.717) is 27.9 Å². The average Bonchev–Trinajstić information content (AvgIpc) is 3.30. The van der Waals surface area contributed by atoms with E-state index in [0.717, 1.165) is 38.6 Å². The summed E-state index contributed by atoms with van der Waals surface area (Å²) in [5.41, 5.74) is 3.98. The first-order valence-electron chi connectivity index (χ1n) is 12.0. The second-order valence-electron chi connectivity index (χ2n) is 8.58. The Morgan fingerprint density at radius 2 is 1.68 bits per heavy atom. The largest absolute Gasteiger partial charge is 0.495 e. The molecule has 1 aromatic heterocycles. The summed E-state index contributed by atoms with van der Waals surface area (Å²) in [6.07, 6.45) is 8.59. The highest BCUT2D eigenvalue weighted by atomic mass is 31.2. The van der Waals surface area contributed by atoms with Crippen molar-refractivity contribution in [2.75, 3.05) is 14.2 Å². The van der Waals surface area contributed by atoms with Crippen LogP contribution in [0.4, 0.5) is 0 Å². The Bertz CT molecular complexity index is 1770. The average molecular weight is 522 g/mol. The van der Waals surface area contributed by atoms with Gasteiger partial charge in [-0.15, -0.1) is 0 Å². The van der Waals surface area contributed by atoms with Crippen molar-refractivity contribution in [3.63, 3.8) is 0 Å². The Hall–Kier alpha value is -4.47. The van der Waals surface area contributed by atoms with Crippen LogP contribution in [0.1, 0.15) is 5.56 Å². The van der Waals surface area contributed by atoms with Crippen molar-refractivity contribution in [3.8, 4) is 11.5 Å². The van der Waals surface area contributed by atoms with Crippen LogP contribution in [-0.2, 0) is 9.09 Å². The Kier molecular flexibility index (Phi) is 6.48. The molecule has 5 nitrogen and oxygen atoms in total. The number of aromatic nitrogens is 1. The van der Waals surface area contributed by atoms with E-state index >= 15 is 4.57 Å². The van der Waals surface area contributed by atoms with Crippen molar-refractivity contribution in [2.24, 2.45) is 0 Å². The molecule has 0 aliphatic carbocycles. The zero-order chi connectivity index (χ0) is 27.0. The SMILES string of the molecule is C=C/C=C(\C=C)n1c2ccccc2c2c(OC)c(P3(=O)OC(C=C)=C(C=C)c4ccccc43)cc(OC)c21. The smallest absolute Gasteiger partial charge is 0.311 e. The number of rotatable bonds is 8. The molecule has 4 aromatic rings. The van der Waals surface area contributed by atoms with Gasteiger partial charge in [0.1, 0.15) is 22.8 Å². The molecule has 0 N–H and O–H groups in total. The monoisotopic (exact) mass is 521 g/mol. The van der Waals surface area contributed by atoms with Gasteiger partial charge in [0.15, 0.2) is 0 Å². The summed E-state index contributed by atoms with van der Waals surface area (Å²) >= 11 is 0. The molecule has 0 saturated heterocycles. The fourth-order valence-corrected chi connectivity index (χ4v) is 7.62. The highest BCUT2D eigenvalue weighted by molar-refractivity contribution is 7.75. The third-order valence-corrected chi connectivity index (χ3v) is 9.17. The van der Waals surface area contributed by atoms with Crippen molar-refractivity contribution in [3.05, 3.63) is 123 Å². The lowest BCUT2D eigenvalue weighted by Gasteiger charge is -2.30. The van der Waals surface area contributed by atoms with Crippen LogP contribution in [-0.4, -0.2) is 18.8 Å². The predicted molar refractivity (Wildman–Crippen MR) is 159 cm³/mol. The second kappa shape index (κ2) is 9.77. The van der Waals surface area contributed by atoms with E-state index in [9.17, 15) is 0 Å². The van der Waals surface area contributed by atoms with Crippen LogP contribution >= 0.6 is 7.37 Å². The van der Waals surface area contributed by atoms with Crippen LogP contribution in [0.3, 0.4) is 0 Å². The van der Waals surface area contributed by atoms with Gasteiger partial charge in [0.05, 0.1) is 35.7 Å². The van der Waals surface area contributed by atoms with Crippen LogP contribution in [0.5, 0.6) is 11.5 Å². The molecular formula is C32H28NO4P. The summed E-state index contributed by atoms with van der Waals surface area (Å²) in [6, 6.07) is 17.2. The van der Waals surface area contributed by atoms with Crippen LogP contribution < -0.4 is 20.1 Å². The highest BCUT2D eigenvalue weighted by Gasteiger charge is 2.41. The molecule has 0 fully saturated rings. The van der Waals surface area contributed by atoms with Gasteiger partial charge in [-0.25, -0.2) is 0 Å². The number of hydrogen-bond donors (Lipinski definition) is 0. The molecule has 0 spiro atoms. The number of fused-ring (bicyclic) bond motifs is 4. The minimum Gasteiger partial charge on any atom is -0.495 e. The minimum absolute atomic E-state index is 0.397. The molecule has 1 unspecified atom stereocenters. The molecule has 1 aliphatic rings. The lowest BCUT2D eigenvalue weighted by atomic mass is 10.0. The van der Waals surface area contributed by atoms with Gasteiger partial charge in [-0.2, -0.15) is 0 Å². The quantitative estimate of drug-likeness (QED) is 0.179. The van der Waals surface area contributed by atoms with E-state index in [1.807, 2.05) is 59.2 Å².